The molecule has 1 aromatic carbocycles. The summed E-state index contributed by atoms with van der Waals surface area (Å²) in [6, 6.07) is 8.05. The molecule has 1 aromatic rings. The second-order valence-corrected chi connectivity index (χ2v) is 4.91. The van der Waals surface area contributed by atoms with Crippen molar-refractivity contribution in [2.75, 3.05) is 26.2 Å². The molecule has 5 heteroatoms. The van der Waals surface area contributed by atoms with E-state index in [-0.39, 0.29) is 11.9 Å². The summed E-state index contributed by atoms with van der Waals surface area (Å²) in [5.41, 5.74) is 1.08. The van der Waals surface area contributed by atoms with Crippen molar-refractivity contribution < 1.29 is 9.53 Å². The zero-order chi connectivity index (χ0) is 14.2. The Hall–Kier alpha value is -1.59. The highest BCUT2D eigenvalue weighted by Crippen LogP contribution is 2.11. The van der Waals surface area contributed by atoms with Gasteiger partial charge >= 0.3 is 0 Å². The van der Waals surface area contributed by atoms with E-state index in [0.717, 1.165) is 30.9 Å². The molecule has 2 rings (SSSR count). The zero-order valence-corrected chi connectivity index (χ0v) is 11.9. The largest absolute Gasteiger partial charge is 0.494 e. The number of amides is 1. The molecule has 1 aliphatic rings. The first-order valence-corrected chi connectivity index (χ1v) is 7.20. The number of piperazine rings is 1. The summed E-state index contributed by atoms with van der Waals surface area (Å²) in [4.78, 5) is 11.9. The van der Waals surface area contributed by atoms with Crippen molar-refractivity contribution in [3.05, 3.63) is 29.8 Å². The highest BCUT2D eigenvalue weighted by molar-refractivity contribution is 5.76. The molecule has 0 aromatic heterocycles. The zero-order valence-electron chi connectivity index (χ0n) is 11.9. The first-order valence-electron chi connectivity index (χ1n) is 7.20. The fourth-order valence-electron chi connectivity index (χ4n) is 2.22. The number of ether oxygens (including phenoxy) is 1. The van der Waals surface area contributed by atoms with Gasteiger partial charge in [-0.15, -0.1) is 0 Å². The van der Waals surface area contributed by atoms with E-state index in [4.69, 9.17) is 4.74 Å². The molecule has 1 amide bonds. The summed E-state index contributed by atoms with van der Waals surface area (Å²) in [6.07, 6.45) is 0.518. The van der Waals surface area contributed by atoms with Crippen molar-refractivity contribution in [3.8, 4) is 5.75 Å². The lowest BCUT2D eigenvalue weighted by molar-refractivity contribution is -0.121. The van der Waals surface area contributed by atoms with Crippen LogP contribution in [-0.2, 0) is 11.3 Å². The van der Waals surface area contributed by atoms with Crippen molar-refractivity contribution in [1.82, 2.24) is 16.0 Å². The smallest absolute Gasteiger partial charge is 0.221 e. The van der Waals surface area contributed by atoms with Gasteiger partial charge in [-0.25, -0.2) is 0 Å². The topological polar surface area (TPSA) is 62.4 Å². The summed E-state index contributed by atoms with van der Waals surface area (Å²) in [5, 5.41) is 9.56. The van der Waals surface area contributed by atoms with Crippen LogP contribution in [0.5, 0.6) is 5.75 Å². The van der Waals surface area contributed by atoms with Gasteiger partial charge in [-0.05, 0) is 24.6 Å². The van der Waals surface area contributed by atoms with Crippen LogP contribution >= 0.6 is 0 Å². The Bertz CT molecular complexity index is 414. The normalized spacial score (nSPS) is 18.6. The summed E-state index contributed by atoms with van der Waals surface area (Å²) in [7, 11) is 0. The van der Waals surface area contributed by atoms with Crippen LogP contribution in [0.1, 0.15) is 18.9 Å². The van der Waals surface area contributed by atoms with Gasteiger partial charge in [-0.3, -0.25) is 4.79 Å². The molecule has 0 radical (unpaired) electrons. The van der Waals surface area contributed by atoms with E-state index >= 15 is 0 Å². The van der Waals surface area contributed by atoms with Gasteiger partial charge in [-0.2, -0.15) is 0 Å². The van der Waals surface area contributed by atoms with E-state index in [1.54, 1.807) is 0 Å². The third-order valence-corrected chi connectivity index (χ3v) is 3.28. The summed E-state index contributed by atoms with van der Waals surface area (Å²) < 4.78 is 5.38. The molecule has 1 heterocycles. The van der Waals surface area contributed by atoms with Gasteiger partial charge in [0, 0.05) is 38.6 Å². The number of hydrogen-bond acceptors (Lipinski definition) is 4. The van der Waals surface area contributed by atoms with Crippen LogP contribution in [0.4, 0.5) is 0 Å². The highest BCUT2D eigenvalue weighted by atomic mass is 16.5. The molecule has 0 saturated carbocycles. The Kier molecular flexibility index (Phi) is 5.83. The summed E-state index contributed by atoms with van der Waals surface area (Å²) >= 11 is 0. The van der Waals surface area contributed by atoms with Crippen molar-refractivity contribution in [3.63, 3.8) is 0 Å². The number of benzene rings is 1. The average molecular weight is 277 g/mol. The van der Waals surface area contributed by atoms with Gasteiger partial charge in [0.15, 0.2) is 0 Å². The van der Waals surface area contributed by atoms with Crippen molar-refractivity contribution in [2.24, 2.45) is 0 Å². The van der Waals surface area contributed by atoms with Crippen molar-refractivity contribution >= 4 is 5.91 Å². The Morgan fingerprint density at radius 2 is 2.15 bits per heavy atom. The SMILES string of the molecule is CCOc1ccc(CNC(=O)CC2CNCCN2)cc1. The lowest BCUT2D eigenvalue weighted by Gasteiger charge is -2.23. The maximum atomic E-state index is 11.9. The number of nitrogens with one attached hydrogen (secondary N) is 3. The lowest BCUT2D eigenvalue weighted by Crippen LogP contribution is -2.50. The molecule has 0 spiro atoms. The molecular weight excluding hydrogens is 254 g/mol. The Morgan fingerprint density at radius 3 is 2.80 bits per heavy atom. The molecule has 1 saturated heterocycles. The third kappa shape index (κ3) is 4.83. The molecule has 5 nitrogen and oxygen atoms in total. The fourth-order valence-corrected chi connectivity index (χ4v) is 2.22. The molecule has 1 fully saturated rings. The van der Waals surface area contributed by atoms with Crippen LogP contribution in [-0.4, -0.2) is 38.2 Å². The number of carbonyl (C=O) groups excluding carboxylic acids is 1. The van der Waals surface area contributed by atoms with Gasteiger partial charge in [0.05, 0.1) is 6.61 Å². The molecule has 20 heavy (non-hydrogen) atoms. The number of rotatable bonds is 6. The molecule has 1 atom stereocenters. The standard InChI is InChI=1S/C15H23N3O2/c1-2-20-14-5-3-12(4-6-14)10-18-15(19)9-13-11-16-7-8-17-13/h3-6,13,16-17H,2,7-11H2,1H3,(H,18,19). The van der Waals surface area contributed by atoms with E-state index in [9.17, 15) is 4.79 Å². The van der Waals surface area contributed by atoms with Crippen LogP contribution in [0.25, 0.3) is 0 Å². The van der Waals surface area contributed by atoms with Crippen molar-refractivity contribution in [1.29, 1.82) is 0 Å². The summed E-state index contributed by atoms with van der Waals surface area (Å²) in [5.74, 6) is 0.945. The minimum Gasteiger partial charge on any atom is -0.494 e. The number of carbonyl (C=O) groups is 1. The first kappa shape index (κ1) is 14.8. The Morgan fingerprint density at radius 1 is 1.35 bits per heavy atom. The van der Waals surface area contributed by atoms with Gasteiger partial charge in [-0.1, -0.05) is 12.1 Å². The van der Waals surface area contributed by atoms with Crippen LogP contribution in [0.15, 0.2) is 24.3 Å². The highest BCUT2D eigenvalue weighted by Gasteiger charge is 2.15. The van der Waals surface area contributed by atoms with Crippen LogP contribution in [0.2, 0.25) is 0 Å². The maximum absolute atomic E-state index is 11.9. The van der Waals surface area contributed by atoms with E-state index < -0.39 is 0 Å². The van der Waals surface area contributed by atoms with E-state index in [1.807, 2.05) is 31.2 Å². The quantitative estimate of drug-likeness (QED) is 0.714. The maximum Gasteiger partial charge on any atom is 0.221 e. The molecule has 110 valence electrons. The minimum atomic E-state index is 0.0834. The molecular formula is C15H23N3O2. The van der Waals surface area contributed by atoms with E-state index in [2.05, 4.69) is 16.0 Å². The lowest BCUT2D eigenvalue weighted by atomic mass is 10.1. The molecule has 1 aliphatic heterocycles. The summed E-state index contributed by atoms with van der Waals surface area (Å²) in [6.45, 7) is 5.95. The Balaban J connectivity index is 1.72. The Labute approximate surface area is 120 Å². The van der Waals surface area contributed by atoms with Crippen LogP contribution in [0.3, 0.4) is 0 Å². The van der Waals surface area contributed by atoms with Crippen LogP contribution < -0.4 is 20.7 Å². The van der Waals surface area contributed by atoms with Crippen LogP contribution in [0, 0.1) is 0 Å². The van der Waals surface area contributed by atoms with E-state index in [0.29, 0.717) is 19.6 Å². The van der Waals surface area contributed by atoms with Gasteiger partial charge in [0.25, 0.3) is 0 Å². The molecule has 1 unspecified atom stereocenters. The molecule has 0 aliphatic carbocycles. The van der Waals surface area contributed by atoms with Gasteiger partial charge in [0.1, 0.15) is 5.75 Å². The first-order chi connectivity index (χ1) is 9.78. The average Bonchev–Trinajstić information content (AvgIpc) is 2.48. The minimum absolute atomic E-state index is 0.0834. The fraction of sp³-hybridized carbons (Fsp3) is 0.533. The molecule has 3 N–H and O–H groups in total. The second kappa shape index (κ2) is 7.87. The third-order valence-electron chi connectivity index (χ3n) is 3.28. The predicted molar refractivity (Wildman–Crippen MR) is 78.7 cm³/mol. The second-order valence-electron chi connectivity index (χ2n) is 4.91. The van der Waals surface area contributed by atoms with Gasteiger partial charge in [0.2, 0.25) is 5.91 Å². The van der Waals surface area contributed by atoms with Gasteiger partial charge < -0.3 is 20.7 Å². The van der Waals surface area contributed by atoms with E-state index in [1.165, 1.54) is 0 Å². The van der Waals surface area contributed by atoms with Crippen molar-refractivity contribution in [2.45, 2.75) is 25.9 Å². The number of hydrogen-bond donors (Lipinski definition) is 3. The molecule has 0 bridgehead atoms. The predicted octanol–water partition coefficient (Wildman–Crippen LogP) is 0.653. The monoisotopic (exact) mass is 277 g/mol.